The van der Waals surface area contributed by atoms with Crippen LogP contribution in [-0.2, 0) is 10.0 Å². The lowest BCUT2D eigenvalue weighted by atomic mass is 10.1. The van der Waals surface area contributed by atoms with E-state index in [4.69, 9.17) is 16.3 Å². The summed E-state index contributed by atoms with van der Waals surface area (Å²) >= 11 is 5.93. The van der Waals surface area contributed by atoms with Gasteiger partial charge in [0.25, 0.3) is 0 Å². The molecule has 1 saturated carbocycles. The van der Waals surface area contributed by atoms with Crippen LogP contribution in [0.5, 0.6) is 5.75 Å². The van der Waals surface area contributed by atoms with Gasteiger partial charge in [-0.2, -0.15) is 0 Å². The molecule has 130 valence electrons. The summed E-state index contributed by atoms with van der Waals surface area (Å²) in [6.45, 7) is -0.129. The van der Waals surface area contributed by atoms with E-state index in [1.165, 1.54) is 12.1 Å². The zero-order valence-electron chi connectivity index (χ0n) is 13.1. The molecule has 2 aromatic rings. The number of hydrogen-bond acceptors (Lipinski definition) is 3. The van der Waals surface area contributed by atoms with E-state index in [0.29, 0.717) is 11.3 Å². The van der Waals surface area contributed by atoms with E-state index in [1.807, 2.05) is 30.3 Å². The first-order valence-corrected chi connectivity index (χ1v) is 9.70. The van der Waals surface area contributed by atoms with E-state index < -0.39 is 15.8 Å². The van der Waals surface area contributed by atoms with Crippen molar-refractivity contribution in [3.8, 4) is 5.75 Å². The summed E-state index contributed by atoms with van der Waals surface area (Å²) in [6.07, 6.45) is 2.17. The zero-order valence-corrected chi connectivity index (χ0v) is 14.6. The van der Waals surface area contributed by atoms with E-state index in [2.05, 4.69) is 4.72 Å². The molecule has 0 spiro atoms. The molecular formula is C18H15ClFNO3S. The summed E-state index contributed by atoms with van der Waals surface area (Å²) in [4.78, 5) is 0.0698. The highest BCUT2D eigenvalue weighted by Gasteiger charge is 2.42. The lowest BCUT2D eigenvalue weighted by Gasteiger charge is -2.19. The Hall–Kier alpha value is -1.89. The topological polar surface area (TPSA) is 55.4 Å². The Balaban J connectivity index is 1.54. The van der Waals surface area contributed by atoms with E-state index in [0.717, 1.165) is 18.1 Å². The Bertz CT molecular complexity index is 960. The highest BCUT2D eigenvalue weighted by molar-refractivity contribution is 7.93. The van der Waals surface area contributed by atoms with Crippen molar-refractivity contribution in [1.29, 1.82) is 0 Å². The van der Waals surface area contributed by atoms with Gasteiger partial charge in [0.1, 0.15) is 18.2 Å². The molecule has 1 aliphatic carbocycles. The molecule has 2 aliphatic rings. The van der Waals surface area contributed by atoms with Gasteiger partial charge in [0.2, 0.25) is 10.0 Å². The first-order valence-electron chi connectivity index (χ1n) is 7.84. The van der Waals surface area contributed by atoms with Crippen molar-refractivity contribution in [2.45, 2.75) is 18.4 Å². The summed E-state index contributed by atoms with van der Waals surface area (Å²) in [6, 6.07) is 12.0. The Morgan fingerprint density at radius 2 is 1.96 bits per heavy atom. The van der Waals surface area contributed by atoms with Gasteiger partial charge in [-0.15, -0.1) is 0 Å². The molecule has 1 heterocycles. The van der Waals surface area contributed by atoms with Gasteiger partial charge in [-0.3, -0.25) is 0 Å². The highest BCUT2D eigenvalue weighted by atomic mass is 35.5. The lowest BCUT2D eigenvalue weighted by molar-refractivity contribution is 0.352. The van der Waals surface area contributed by atoms with Gasteiger partial charge in [-0.1, -0.05) is 41.9 Å². The molecule has 0 radical (unpaired) electrons. The number of rotatable bonds is 4. The molecule has 1 N–H and O–H groups in total. The van der Waals surface area contributed by atoms with E-state index >= 15 is 0 Å². The van der Waals surface area contributed by atoms with E-state index in [-0.39, 0.29) is 28.5 Å². The van der Waals surface area contributed by atoms with Crippen LogP contribution in [0, 0.1) is 5.82 Å². The second-order valence-electron chi connectivity index (χ2n) is 6.19. The van der Waals surface area contributed by atoms with Crippen molar-refractivity contribution >= 4 is 27.7 Å². The molecule has 1 fully saturated rings. The maximum Gasteiger partial charge on any atom is 0.240 e. The van der Waals surface area contributed by atoms with E-state index in [1.54, 1.807) is 0 Å². The second-order valence-corrected chi connectivity index (χ2v) is 8.36. The average Bonchev–Trinajstić information content (AvgIpc) is 3.33. The monoisotopic (exact) mass is 379 g/mol. The Morgan fingerprint density at radius 3 is 2.72 bits per heavy atom. The normalized spacial score (nSPS) is 21.9. The van der Waals surface area contributed by atoms with Crippen molar-refractivity contribution in [1.82, 2.24) is 4.72 Å². The van der Waals surface area contributed by atoms with Crippen molar-refractivity contribution in [2.24, 2.45) is 0 Å². The van der Waals surface area contributed by atoms with Crippen LogP contribution in [0.4, 0.5) is 4.39 Å². The molecule has 25 heavy (non-hydrogen) atoms. The summed E-state index contributed by atoms with van der Waals surface area (Å²) in [5.41, 5.74) is 1.44. The van der Waals surface area contributed by atoms with Crippen LogP contribution in [0.2, 0.25) is 5.02 Å². The smallest absolute Gasteiger partial charge is 0.240 e. The summed E-state index contributed by atoms with van der Waals surface area (Å²) in [7, 11) is -3.71. The summed E-state index contributed by atoms with van der Waals surface area (Å²) < 4.78 is 46.9. The second kappa shape index (κ2) is 6.12. The van der Waals surface area contributed by atoms with Crippen LogP contribution in [-0.4, -0.2) is 21.1 Å². The summed E-state index contributed by atoms with van der Waals surface area (Å²) in [5, 5.41) is 0.127. The van der Waals surface area contributed by atoms with Gasteiger partial charge in [-0.25, -0.2) is 17.5 Å². The molecule has 0 unspecified atom stereocenters. The number of benzene rings is 2. The molecule has 0 saturated heterocycles. The summed E-state index contributed by atoms with van der Waals surface area (Å²) in [5.74, 6) is -0.0580. The SMILES string of the molecule is O=S(=O)(N[C@@H]1C[C@H]1c1ccccc1)C1=Cc2cc(F)cc(Cl)c2OC1. The van der Waals surface area contributed by atoms with Crippen LogP contribution in [0.15, 0.2) is 47.4 Å². The molecule has 0 aromatic heterocycles. The van der Waals surface area contributed by atoms with Gasteiger partial charge in [-0.05, 0) is 30.2 Å². The average molecular weight is 380 g/mol. The minimum atomic E-state index is -3.71. The van der Waals surface area contributed by atoms with Crippen LogP contribution < -0.4 is 9.46 Å². The predicted molar refractivity (Wildman–Crippen MR) is 94.5 cm³/mol. The third-order valence-corrected chi connectivity index (χ3v) is 6.20. The fourth-order valence-electron chi connectivity index (χ4n) is 3.02. The van der Waals surface area contributed by atoms with Gasteiger partial charge in [0.05, 0.1) is 9.93 Å². The first-order chi connectivity index (χ1) is 11.9. The molecular weight excluding hydrogens is 365 g/mol. The first kappa shape index (κ1) is 16.6. The minimum absolute atomic E-state index is 0.0698. The van der Waals surface area contributed by atoms with Crippen LogP contribution in [0.3, 0.4) is 0 Å². The minimum Gasteiger partial charge on any atom is -0.486 e. The number of sulfonamides is 1. The van der Waals surface area contributed by atoms with Crippen molar-refractivity contribution < 1.29 is 17.5 Å². The van der Waals surface area contributed by atoms with E-state index in [9.17, 15) is 12.8 Å². The number of halogens is 2. The van der Waals surface area contributed by atoms with Crippen molar-refractivity contribution in [3.63, 3.8) is 0 Å². The molecule has 4 nitrogen and oxygen atoms in total. The largest absolute Gasteiger partial charge is 0.486 e. The maximum absolute atomic E-state index is 13.5. The maximum atomic E-state index is 13.5. The number of hydrogen-bond donors (Lipinski definition) is 1. The standard InChI is InChI=1S/C18H15ClFNO3S/c19-16-8-13(20)6-12-7-14(10-24-18(12)16)25(22,23)21-17-9-15(17)11-4-2-1-3-5-11/h1-8,15,17,21H,9-10H2/t15-,17+/m0/s1. The fraction of sp³-hybridized carbons (Fsp3) is 0.222. The lowest BCUT2D eigenvalue weighted by Crippen LogP contribution is -2.31. The van der Waals surface area contributed by atoms with Crippen LogP contribution in [0.1, 0.15) is 23.5 Å². The number of nitrogens with one attached hydrogen (secondary N) is 1. The van der Waals surface area contributed by atoms with Gasteiger partial charge >= 0.3 is 0 Å². The quantitative estimate of drug-likeness (QED) is 0.881. The van der Waals surface area contributed by atoms with Crippen molar-refractivity contribution in [2.75, 3.05) is 6.61 Å². The Morgan fingerprint density at radius 1 is 1.20 bits per heavy atom. The highest BCUT2D eigenvalue weighted by Crippen LogP contribution is 2.42. The number of ether oxygens (including phenoxy) is 1. The molecule has 2 atom stereocenters. The Kier molecular flexibility index (Phi) is 4.06. The van der Waals surface area contributed by atoms with Crippen LogP contribution in [0.25, 0.3) is 6.08 Å². The molecule has 0 bridgehead atoms. The van der Waals surface area contributed by atoms with Gasteiger partial charge in [0, 0.05) is 17.5 Å². The van der Waals surface area contributed by atoms with Gasteiger partial charge in [0.15, 0.2) is 0 Å². The molecule has 4 rings (SSSR count). The molecule has 7 heteroatoms. The molecule has 0 amide bonds. The Labute approximate surface area is 150 Å². The zero-order chi connectivity index (χ0) is 17.6. The predicted octanol–water partition coefficient (Wildman–Crippen LogP) is 3.69. The molecule has 1 aliphatic heterocycles. The fourth-order valence-corrected chi connectivity index (χ4v) is 4.60. The van der Waals surface area contributed by atoms with Crippen LogP contribution >= 0.6 is 11.6 Å². The number of fused-ring (bicyclic) bond motifs is 1. The third-order valence-electron chi connectivity index (χ3n) is 4.38. The van der Waals surface area contributed by atoms with Gasteiger partial charge < -0.3 is 4.74 Å². The van der Waals surface area contributed by atoms with Crippen molar-refractivity contribution in [3.05, 3.63) is 69.3 Å². The third kappa shape index (κ3) is 3.29. The molecule has 2 aromatic carbocycles.